The maximum absolute atomic E-state index is 9.68. The molecule has 1 fully saturated rings. The Morgan fingerprint density at radius 2 is 1.00 bits per heavy atom. The fourth-order valence-electron chi connectivity index (χ4n) is 0.209. The first-order valence-corrected chi connectivity index (χ1v) is 4.50. The van der Waals surface area contributed by atoms with Crippen LogP contribution in [0.3, 0.4) is 0 Å². The summed E-state index contributed by atoms with van der Waals surface area (Å²) < 4.78 is 45.2. The zero-order chi connectivity index (χ0) is 8.41. The molecule has 1 rings (SSSR count). The Morgan fingerprint density at radius 3 is 1.00 bits per heavy atom. The molecule has 0 saturated carbocycles. The Bertz CT molecular complexity index is 247. The van der Waals surface area contributed by atoms with Crippen LogP contribution in [0, 0.1) is 0 Å². The zero-order valence-electron chi connectivity index (χ0n) is 4.68. The second-order valence-electron chi connectivity index (χ2n) is 0.953. The van der Waals surface area contributed by atoms with Crippen molar-refractivity contribution < 1.29 is 24.1 Å². The first kappa shape index (κ1) is 9.56. The zero-order valence-corrected chi connectivity index (χ0v) is 6.31. The maximum Gasteiger partial charge on any atom is 0.432 e. The molecule has 0 unspecified atom stereocenters. The molecule has 1 heterocycles. The van der Waals surface area contributed by atoms with E-state index in [1.807, 2.05) is 0 Å². The van der Waals surface area contributed by atoms with Gasteiger partial charge in [-0.15, -0.1) is 13.2 Å². The van der Waals surface area contributed by atoms with Gasteiger partial charge in [0.25, 0.3) is 0 Å². The predicted octanol–water partition coefficient (Wildman–Crippen LogP) is -0.675. The van der Waals surface area contributed by atoms with Crippen molar-refractivity contribution in [3.63, 3.8) is 0 Å². The van der Waals surface area contributed by atoms with E-state index in [9.17, 15) is 16.8 Å². The molecular formula is C2H4O6S2. The lowest BCUT2D eigenvalue weighted by Gasteiger charge is -2.09. The molecule has 0 aromatic carbocycles. The molecule has 0 aliphatic carbocycles. The van der Waals surface area contributed by atoms with Crippen molar-refractivity contribution in [3.05, 3.63) is 13.2 Å². The number of rotatable bonds is 0. The molecule has 0 aromatic heterocycles. The van der Waals surface area contributed by atoms with Crippen LogP contribution >= 0.6 is 0 Å². The lowest BCUT2D eigenvalue weighted by Crippen LogP contribution is -2.30. The summed E-state index contributed by atoms with van der Waals surface area (Å²) in [5.41, 5.74) is 0. The summed E-state index contributed by atoms with van der Waals surface area (Å²) in [4.78, 5) is 0. The van der Waals surface area contributed by atoms with Gasteiger partial charge >= 0.3 is 20.8 Å². The molecule has 8 heteroatoms. The van der Waals surface area contributed by atoms with E-state index >= 15 is 0 Å². The standard InChI is InChI=1S/C2H4.O6S2/c1-2;1-7(2)5-8(3,4)6-7/h1-2H2;. The lowest BCUT2D eigenvalue weighted by atomic mass is 11.3. The summed E-state index contributed by atoms with van der Waals surface area (Å²) in [5, 5.41) is 0. The van der Waals surface area contributed by atoms with Crippen molar-refractivity contribution in [2.24, 2.45) is 0 Å². The molecule has 1 aliphatic rings. The highest BCUT2D eigenvalue weighted by atomic mass is 32.4. The summed E-state index contributed by atoms with van der Waals surface area (Å²) in [5.74, 6) is 0. The van der Waals surface area contributed by atoms with Crippen LogP contribution < -0.4 is 0 Å². The molecule has 60 valence electrons. The number of hydrogen-bond acceptors (Lipinski definition) is 6. The average Bonchev–Trinajstić information content (AvgIpc) is 1.63. The maximum atomic E-state index is 9.68. The average molecular weight is 188 g/mol. The van der Waals surface area contributed by atoms with Crippen LogP contribution in [0.2, 0.25) is 0 Å². The molecular weight excluding hydrogens is 184 g/mol. The summed E-state index contributed by atoms with van der Waals surface area (Å²) >= 11 is 0. The van der Waals surface area contributed by atoms with Crippen molar-refractivity contribution in [2.75, 3.05) is 0 Å². The molecule has 0 aromatic rings. The highest BCUT2D eigenvalue weighted by Gasteiger charge is 2.42. The Balaban J connectivity index is 0.000000371. The third kappa shape index (κ3) is 2.43. The summed E-state index contributed by atoms with van der Waals surface area (Å²) in [6, 6.07) is 0. The van der Waals surface area contributed by atoms with Gasteiger partial charge < -0.3 is 0 Å². The van der Waals surface area contributed by atoms with E-state index in [2.05, 4.69) is 20.4 Å². The minimum absolute atomic E-state index is 3.00. The van der Waals surface area contributed by atoms with E-state index < -0.39 is 20.8 Å². The third-order valence-corrected chi connectivity index (χ3v) is 3.00. The monoisotopic (exact) mass is 188 g/mol. The van der Waals surface area contributed by atoms with Gasteiger partial charge in [0.1, 0.15) is 0 Å². The molecule has 0 spiro atoms. The van der Waals surface area contributed by atoms with E-state index in [0.717, 1.165) is 0 Å². The lowest BCUT2D eigenvalue weighted by molar-refractivity contribution is 0.293. The fourth-order valence-corrected chi connectivity index (χ4v) is 1.88. The fraction of sp³-hybridized carbons (Fsp3) is 0. The molecule has 10 heavy (non-hydrogen) atoms. The van der Waals surface area contributed by atoms with E-state index in [1.165, 1.54) is 0 Å². The van der Waals surface area contributed by atoms with Crippen molar-refractivity contribution in [1.82, 2.24) is 0 Å². The van der Waals surface area contributed by atoms with Crippen LogP contribution in [0.1, 0.15) is 0 Å². The molecule has 0 bridgehead atoms. The number of hydrogen-bond donors (Lipinski definition) is 0. The van der Waals surface area contributed by atoms with Crippen LogP contribution in [0.15, 0.2) is 13.2 Å². The Kier molecular flexibility index (Phi) is 2.54. The van der Waals surface area contributed by atoms with Gasteiger partial charge in [-0.1, -0.05) is 7.26 Å². The quantitative estimate of drug-likeness (QED) is 0.468. The van der Waals surface area contributed by atoms with Gasteiger partial charge in [-0.3, -0.25) is 0 Å². The van der Waals surface area contributed by atoms with Gasteiger partial charge in [-0.2, -0.15) is 16.8 Å². The van der Waals surface area contributed by atoms with E-state index in [-0.39, 0.29) is 0 Å². The first-order valence-electron chi connectivity index (χ1n) is 1.83. The van der Waals surface area contributed by atoms with Crippen LogP contribution in [-0.4, -0.2) is 16.8 Å². The van der Waals surface area contributed by atoms with E-state index in [1.54, 1.807) is 0 Å². The molecule has 1 aliphatic heterocycles. The first-order chi connectivity index (χ1) is 4.41. The van der Waals surface area contributed by atoms with Crippen molar-refractivity contribution in [3.8, 4) is 0 Å². The van der Waals surface area contributed by atoms with Gasteiger partial charge in [0.2, 0.25) is 0 Å². The van der Waals surface area contributed by atoms with E-state index in [0.29, 0.717) is 0 Å². The van der Waals surface area contributed by atoms with Crippen molar-refractivity contribution >= 4 is 20.8 Å². The van der Waals surface area contributed by atoms with Crippen LogP contribution in [-0.2, 0) is 28.1 Å². The van der Waals surface area contributed by atoms with Crippen LogP contribution in [0.4, 0.5) is 0 Å². The Hall–Kier alpha value is -0.440. The molecule has 0 N–H and O–H groups in total. The van der Waals surface area contributed by atoms with Crippen LogP contribution in [0.5, 0.6) is 0 Å². The topological polar surface area (TPSA) is 86.7 Å². The van der Waals surface area contributed by atoms with Gasteiger partial charge in [-0.25, -0.2) is 0 Å². The Labute approximate surface area is 58.7 Å². The summed E-state index contributed by atoms with van der Waals surface area (Å²) in [6.07, 6.45) is 0. The van der Waals surface area contributed by atoms with Crippen LogP contribution in [0.25, 0.3) is 0 Å². The van der Waals surface area contributed by atoms with Gasteiger partial charge in [0.05, 0.1) is 0 Å². The predicted molar refractivity (Wildman–Crippen MR) is 31.3 cm³/mol. The van der Waals surface area contributed by atoms with Crippen molar-refractivity contribution in [1.29, 1.82) is 0 Å². The van der Waals surface area contributed by atoms with Gasteiger partial charge in [0.15, 0.2) is 0 Å². The molecule has 0 amide bonds. The van der Waals surface area contributed by atoms with E-state index in [4.69, 9.17) is 0 Å². The molecule has 0 atom stereocenters. The van der Waals surface area contributed by atoms with Crippen molar-refractivity contribution in [2.45, 2.75) is 0 Å². The molecule has 6 nitrogen and oxygen atoms in total. The van der Waals surface area contributed by atoms with Gasteiger partial charge in [-0.05, 0) is 0 Å². The summed E-state index contributed by atoms with van der Waals surface area (Å²) in [7, 11) is -8.35. The highest BCUT2D eigenvalue weighted by Crippen LogP contribution is 2.18. The second-order valence-corrected chi connectivity index (χ2v) is 3.67. The molecule has 1 saturated heterocycles. The normalized spacial score (nSPS) is 25.2. The Morgan fingerprint density at radius 1 is 0.800 bits per heavy atom. The third-order valence-electron chi connectivity index (χ3n) is 0.333. The minimum Gasteiger partial charge on any atom is -0.167 e. The summed E-state index contributed by atoms with van der Waals surface area (Å²) in [6.45, 7) is 6.00. The highest BCUT2D eigenvalue weighted by molar-refractivity contribution is 8.08. The largest absolute Gasteiger partial charge is 0.432 e. The minimum atomic E-state index is -4.18. The smallest absolute Gasteiger partial charge is 0.167 e. The SMILES string of the molecule is C=C.O=S1(=O)OS(=O)(=O)O1. The molecule has 0 radical (unpaired) electrons. The van der Waals surface area contributed by atoms with Gasteiger partial charge in [0, 0.05) is 0 Å². The second kappa shape index (κ2) is 2.66.